The SMILES string of the molecule is CC(C)C(=O)COCCOCC(=O)N1CCN(C(C)C)CC1. The lowest BCUT2D eigenvalue weighted by atomic mass is 10.1. The van der Waals surface area contributed by atoms with Gasteiger partial charge in [0.15, 0.2) is 5.78 Å². The molecule has 1 saturated heterocycles. The first kappa shape index (κ1) is 19.1. The van der Waals surface area contributed by atoms with Crippen molar-refractivity contribution >= 4 is 11.7 Å². The Morgan fingerprint density at radius 2 is 1.45 bits per heavy atom. The number of piperazine rings is 1. The molecule has 0 aromatic heterocycles. The molecule has 0 bridgehead atoms. The van der Waals surface area contributed by atoms with E-state index in [9.17, 15) is 9.59 Å². The lowest BCUT2D eigenvalue weighted by Crippen LogP contribution is -2.51. The normalized spacial score (nSPS) is 16.5. The quantitative estimate of drug-likeness (QED) is 0.589. The molecule has 0 spiro atoms. The molecule has 1 amide bonds. The van der Waals surface area contributed by atoms with Crippen LogP contribution in [0.3, 0.4) is 0 Å². The van der Waals surface area contributed by atoms with Crippen molar-refractivity contribution in [2.45, 2.75) is 33.7 Å². The van der Waals surface area contributed by atoms with Crippen molar-refractivity contribution in [3.05, 3.63) is 0 Å². The Morgan fingerprint density at radius 1 is 0.909 bits per heavy atom. The predicted octanol–water partition coefficient (Wildman–Crippen LogP) is 0.797. The molecule has 0 radical (unpaired) electrons. The molecule has 128 valence electrons. The second-order valence-corrected chi connectivity index (χ2v) is 6.24. The van der Waals surface area contributed by atoms with Crippen LogP contribution in [-0.4, -0.2) is 80.1 Å². The summed E-state index contributed by atoms with van der Waals surface area (Å²) in [4.78, 5) is 27.5. The van der Waals surface area contributed by atoms with Crippen molar-refractivity contribution in [3.8, 4) is 0 Å². The van der Waals surface area contributed by atoms with Gasteiger partial charge in [0.25, 0.3) is 0 Å². The van der Waals surface area contributed by atoms with Crippen LogP contribution in [0, 0.1) is 5.92 Å². The number of hydrogen-bond acceptors (Lipinski definition) is 5. The van der Waals surface area contributed by atoms with Crippen molar-refractivity contribution < 1.29 is 19.1 Å². The summed E-state index contributed by atoms with van der Waals surface area (Å²) in [5, 5.41) is 0. The summed E-state index contributed by atoms with van der Waals surface area (Å²) in [7, 11) is 0. The van der Waals surface area contributed by atoms with E-state index < -0.39 is 0 Å². The van der Waals surface area contributed by atoms with Crippen LogP contribution in [0.4, 0.5) is 0 Å². The van der Waals surface area contributed by atoms with E-state index in [0.717, 1.165) is 26.2 Å². The van der Waals surface area contributed by atoms with Gasteiger partial charge in [0, 0.05) is 38.1 Å². The van der Waals surface area contributed by atoms with Crippen LogP contribution >= 0.6 is 0 Å². The molecule has 0 unspecified atom stereocenters. The molecule has 0 saturated carbocycles. The molecule has 1 aliphatic heterocycles. The van der Waals surface area contributed by atoms with Gasteiger partial charge in [0.1, 0.15) is 13.2 Å². The number of nitrogens with zero attached hydrogens (tertiary/aromatic N) is 2. The van der Waals surface area contributed by atoms with Gasteiger partial charge < -0.3 is 14.4 Å². The molecule has 6 heteroatoms. The van der Waals surface area contributed by atoms with E-state index in [2.05, 4.69) is 18.7 Å². The molecule has 6 nitrogen and oxygen atoms in total. The third-order valence-electron chi connectivity index (χ3n) is 3.88. The number of hydrogen-bond donors (Lipinski definition) is 0. The van der Waals surface area contributed by atoms with Gasteiger partial charge in [-0.05, 0) is 13.8 Å². The summed E-state index contributed by atoms with van der Waals surface area (Å²) in [6.45, 7) is 12.3. The van der Waals surface area contributed by atoms with Crippen LogP contribution in [0.1, 0.15) is 27.7 Å². The van der Waals surface area contributed by atoms with E-state index in [0.29, 0.717) is 19.3 Å². The van der Waals surface area contributed by atoms with Crippen molar-refractivity contribution in [2.24, 2.45) is 5.92 Å². The highest BCUT2D eigenvalue weighted by Crippen LogP contribution is 2.06. The van der Waals surface area contributed by atoms with Crippen molar-refractivity contribution in [2.75, 3.05) is 52.6 Å². The van der Waals surface area contributed by atoms with Crippen LogP contribution in [0.25, 0.3) is 0 Å². The molecule has 1 aliphatic rings. The van der Waals surface area contributed by atoms with Crippen molar-refractivity contribution in [3.63, 3.8) is 0 Å². The van der Waals surface area contributed by atoms with E-state index in [1.165, 1.54) is 0 Å². The minimum absolute atomic E-state index is 0.00741. The number of rotatable bonds is 9. The maximum absolute atomic E-state index is 12.0. The Kier molecular flexibility index (Phi) is 8.60. The lowest BCUT2D eigenvalue weighted by Gasteiger charge is -2.36. The van der Waals surface area contributed by atoms with Gasteiger partial charge in [0.05, 0.1) is 13.2 Å². The molecule has 22 heavy (non-hydrogen) atoms. The molecule has 1 heterocycles. The van der Waals surface area contributed by atoms with Crippen LogP contribution in [-0.2, 0) is 19.1 Å². The summed E-state index contributed by atoms with van der Waals surface area (Å²) >= 11 is 0. The van der Waals surface area contributed by atoms with E-state index in [4.69, 9.17) is 9.47 Å². The highest BCUT2D eigenvalue weighted by Gasteiger charge is 2.22. The number of Topliss-reactive ketones (excluding diaryl/α,β-unsaturated/α-hetero) is 1. The average Bonchev–Trinajstić information content (AvgIpc) is 2.50. The van der Waals surface area contributed by atoms with Crippen molar-refractivity contribution in [1.29, 1.82) is 0 Å². The van der Waals surface area contributed by atoms with E-state index in [1.54, 1.807) is 0 Å². The van der Waals surface area contributed by atoms with Crippen LogP contribution in [0.5, 0.6) is 0 Å². The third-order valence-corrected chi connectivity index (χ3v) is 3.88. The third kappa shape index (κ3) is 6.85. The summed E-state index contributed by atoms with van der Waals surface area (Å²) in [5.74, 6) is 0.104. The second kappa shape index (κ2) is 9.92. The Morgan fingerprint density at radius 3 is 1.95 bits per heavy atom. The molecular formula is C16H30N2O4. The summed E-state index contributed by atoms with van der Waals surface area (Å²) in [6.07, 6.45) is 0. The largest absolute Gasteiger partial charge is 0.371 e. The summed E-state index contributed by atoms with van der Waals surface area (Å²) < 4.78 is 10.5. The molecule has 0 aliphatic carbocycles. The predicted molar refractivity (Wildman–Crippen MR) is 84.8 cm³/mol. The number of ketones is 1. The lowest BCUT2D eigenvalue weighted by molar-refractivity contribution is -0.139. The van der Waals surface area contributed by atoms with Crippen LogP contribution in [0.2, 0.25) is 0 Å². The fourth-order valence-corrected chi connectivity index (χ4v) is 2.20. The molecule has 0 atom stereocenters. The van der Waals surface area contributed by atoms with Crippen molar-refractivity contribution in [1.82, 2.24) is 9.80 Å². The van der Waals surface area contributed by atoms with Gasteiger partial charge in [-0.15, -0.1) is 0 Å². The first-order valence-electron chi connectivity index (χ1n) is 8.11. The zero-order valence-electron chi connectivity index (χ0n) is 14.3. The fourth-order valence-electron chi connectivity index (χ4n) is 2.20. The number of ether oxygens (including phenoxy) is 2. The highest BCUT2D eigenvalue weighted by atomic mass is 16.5. The number of carbonyl (C=O) groups is 2. The van der Waals surface area contributed by atoms with Crippen LogP contribution in [0.15, 0.2) is 0 Å². The maximum Gasteiger partial charge on any atom is 0.248 e. The average molecular weight is 314 g/mol. The fraction of sp³-hybridized carbons (Fsp3) is 0.875. The van der Waals surface area contributed by atoms with Gasteiger partial charge in [-0.25, -0.2) is 0 Å². The monoisotopic (exact) mass is 314 g/mol. The van der Waals surface area contributed by atoms with E-state index in [-0.39, 0.29) is 30.8 Å². The molecular weight excluding hydrogens is 284 g/mol. The summed E-state index contributed by atoms with van der Waals surface area (Å²) in [5.41, 5.74) is 0. The molecule has 0 aromatic carbocycles. The molecule has 0 N–H and O–H groups in total. The van der Waals surface area contributed by atoms with E-state index in [1.807, 2.05) is 18.7 Å². The van der Waals surface area contributed by atoms with E-state index >= 15 is 0 Å². The second-order valence-electron chi connectivity index (χ2n) is 6.24. The highest BCUT2D eigenvalue weighted by molar-refractivity contribution is 5.81. The van der Waals surface area contributed by atoms with Gasteiger partial charge in [0.2, 0.25) is 5.91 Å². The van der Waals surface area contributed by atoms with Gasteiger partial charge in [-0.1, -0.05) is 13.8 Å². The Labute approximate surface area is 133 Å². The Hall–Kier alpha value is -0.980. The molecule has 0 aromatic rings. The first-order valence-corrected chi connectivity index (χ1v) is 8.11. The molecule has 1 fully saturated rings. The first-order chi connectivity index (χ1) is 10.4. The maximum atomic E-state index is 12.0. The minimum Gasteiger partial charge on any atom is -0.371 e. The minimum atomic E-state index is -0.00741. The van der Waals surface area contributed by atoms with Gasteiger partial charge >= 0.3 is 0 Å². The van der Waals surface area contributed by atoms with Crippen LogP contribution < -0.4 is 0 Å². The van der Waals surface area contributed by atoms with Gasteiger partial charge in [-0.3, -0.25) is 14.5 Å². The smallest absolute Gasteiger partial charge is 0.248 e. The summed E-state index contributed by atoms with van der Waals surface area (Å²) in [6, 6.07) is 0.527. The zero-order valence-corrected chi connectivity index (χ0v) is 14.3. The number of carbonyl (C=O) groups excluding carboxylic acids is 2. The number of amides is 1. The standard InChI is InChI=1S/C16H30N2O4/c1-13(2)15(19)11-21-9-10-22-12-16(20)18-7-5-17(6-8-18)14(3)4/h13-14H,5-12H2,1-4H3. The molecule has 1 rings (SSSR count). The Bertz CT molecular complexity index is 350. The van der Waals surface area contributed by atoms with Gasteiger partial charge in [-0.2, -0.15) is 0 Å². The zero-order chi connectivity index (χ0) is 16.5. The Balaban J connectivity index is 2.06. The topological polar surface area (TPSA) is 59.1 Å².